The SMILES string of the molecule is CCN1C[C@]2(C)CC[C@H](O)[C@]34C1[C@H]([C@@H](OC(C)=O)[C@H]23)[C@@]1(O)CC[C@H]2C[C@@H]4[C@@H]1C(=O)O2. The van der Waals surface area contributed by atoms with Crippen molar-refractivity contribution in [1.82, 2.24) is 4.90 Å². The summed E-state index contributed by atoms with van der Waals surface area (Å²) in [6, 6.07) is -0.0869. The number of likely N-dealkylation sites (tertiary alicyclic amines) is 1. The molecular formula is C23H33NO6. The monoisotopic (exact) mass is 419 g/mol. The molecule has 7 heteroatoms. The number of hydrogen-bond donors (Lipinski definition) is 2. The lowest BCUT2D eigenvalue weighted by Crippen LogP contribution is -2.76. The molecule has 0 radical (unpaired) electrons. The van der Waals surface area contributed by atoms with Crippen molar-refractivity contribution in [2.24, 2.45) is 34.5 Å². The second kappa shape index (κ2) is 5.78. The Morgan fingerprint density at radius 3 is 2.80 bits per heavy atom. The standard InChI is InChI=1S/C23H33NO6/c1-4-24-10-21(3)7-6-14(26)23-13-9-12-5-8-22(28,15(13)20(27)30-12)16(19(23)24)17(18(21)23)29-11(2)25/h12-19,26,28H,4-10H2,1-3H3/t12-,13+,14-,15+,16-,17+,18+,19?,21-,22+,23-/m0/s1. The summed E-state index contributed by atoms with van der Waals surface area (Å²) >= 11 is 0. The van der Waals surface area contributed by atoms with Gasteiger partial charge in [0.05, 0.1) is 17.6 Å². The maximum atomic E-state index is 13.2. The summed E-state index contributed by atoms with van der Waals surface area (Å²) in [5.41, 5.74) is -1.95. The van der Waals surface area contributed by atoms with E-state index in [0.29, 0.717) is 25.7 Å². The Kier molecular flexibility index (Phi) is 3.76. The number of piperidine rings is 1. The van der Waals surface area contributed by atoms with Gasteiger partial charge in [0, 0.05) is 36.8 Å². The van der Waals surface area contributed by atoms with Crippen LogP contribution in [0, 0.1) is 34.5 Å². The van der Waals surface area contributed by atoms with E-state index in [2.05, 4.69) is 18.7 Å². The lowest BCUT2D eigenvalue weighted by molar-refractivity contribution is -0.265. The topological polar surface area (TPSA) is 96.3 Å². The molecule has 1 spiro atoms. The van der Waals surface area contributed by atoms with Crippen LogP contribution < -0.4 is 0 Å². The van der Waals surface area contributed by atoms with Gasteiger partial charge in [0.1, 0.15) is 12.2 Å². The van der Waals surface area contributed by atoms with Gasteiger partial charge in [-0.3, -0.25) is 14.5 Å². The zero-order valence-electron chi connectivity index (χ0n) is 18.0. The van der Waals surface area contributed by atoms with Crippen molar-refractivity contribution in [2.75, 3.05) is 13.1 Å². The van der Waals surface area contributed by atoms with E-state index in [4.69, 9.17) is 9.47 Å². The van der Waals surface area contributed by atoms with E-state index in [1.54, 1.807) is 0 Å². The zero-order chi connectivity index (χ0) is 21.2. The van der Waals surface area contributed by atoms with E-state index < -0.39 is 29.1 Å². The molecule has 2 N–H and O–H groups in total. The molecule has 4 aliphatic carbocycles. The van der Waals surface area contributed by atoms with Crippen molar-refractivity contribution in [2.45, 2.75) is 82.8 Å². The molecule has 7 nitrogen and oxygen atoms in total. The molecule has 7 rings (SSSR count). The minimum absolute atomic E-state index is 0.0541. The van der Waals surface area contributed by atoms with Gasteiger partial charge in [0.25, 0.3) is 0 Å². The Balaban J connectivity index is 1.66. The summed E-state index contributed by atoms with van der Waals surface area (Å²) in [6.07, 6.45) is 2.12. The molecular weight excluding hydrogens is 386 g/mol. The fraction of sp³-hybridized carbons (Fsp3) is 0.913. The number of ether oxygens (including phenoxy) is 2. The van der Waals surface area contributed by atoms with Crippen LogP contribution in [0.25, 0.3) is 0 Å². The number of nitrogens with zero attached hydrogens (tertiary/aromatic N) is 1. The molecule has 7 aliphatic rings. The van der Waals surface area contributed by atoms with Crippen LogP contribution in [0.1, 0.15) is 52.9 Å². The molecule has 0 aromatic heterocycles. The Bertz CT molecular complexity index is 818. The number of esters is 2. The quantitative estimate of drug-likeness (QED) is 0.647. The van der Waals surface area contributed by atoms with E-state index in [9.17, 15) is 19.8 Å². The smallest absolute Gasteiger partial charge is 0.312 e. The van der Waals surface area contributed by atoms with Crippen LogP contribution in [-0.2, 0) is 19.1 Å². The molecule has 3 aliphatic heterocycles. The van der Waals surface area contributed by atoms with Gasteiger partial charge in [-0.1, -0.05) is 13.8 Å². The minimum atomic E-state index is -1.27. The van der Waals surface area contributed by atoms with Crippen LogP contribution in [0.5, 0.6) is 0 Å². The second-order valence-electron chi connectivity index (χ2n) is 11.2. The maximum absolute atomic E-state index is 13.2. The molecule has 0 aromatic rings. The second-order valence-corrected chi connectivity index (χ2v) is 11.2. The number of aliphatic hydroxyl groups is 2. The molecule has 4 saturated carbocycles. The first-order chi connectivity index (χ1) is 14.2. The van der Waals surface area contributed by atoms with Gasteiger partial charge in [-0.05, 0) is 50.0 Å². The first-order valence-electron chi connectivity index (χ1n) is 11.7. The van der Waals surface area contributed by atoms with Gasteiger partial charge in [-0.25, -0.2) is 0 Å². The molecule has 3 heterocycles. The number of carbonyl (C=O) groups excluding carboxylic acids is 2. The fourth-order valence-corrected chi connectivity index (χ4v) is 9.64. The van der Waals surface area contributed by atoms with Gasteiger partial charge in [-0.2, -0.15) is 0 Å². The van der Waals surface area contributed by atoms with Crippen molar-refractivity contribution >= 4 is 11.9 Å². The van der Waals surface area contributed by atoms with Crippen LogP contribution in [0.15, 0.2) is 0 Å². The van der Waals surface area contributed by atoms with Crippen LogP contribution in [0.2, 0.25) is 0 Å². The summed E-state index contributed by atoms with van der Waals surface area (Å²) in [4.78, 5) is 27.8. The van der Waals surface area contributed by atoms with Crippen molar-refractivity contribution in [3.05, 3.63) is 0 Å². The Morgan fingerprint density at radius 2 is 2.10 bits per heavy atom. The third-order valence-corrected chi connectivity index (χ3v) is 10.1. The summed E-state index contributed by atoms with van der Waals surface area (Å²) in [5, 5.41) is 23.9. The highest BCUT2D eigenvalue weighted by Gasteiger charge is 2.85. The van der Waals surface area contributed by atoms with Crippen LogP contribution in [0.3, 0.4) is 0 Å². The first-order valence-corrected chi connectivity index (χ1v) is 11.7. The number of rotatable bonds is 2. The van der Waals surface area contributed by atoms with Gasteiger partial charge < -0.3 is 19.7 Å². The van der Waals surface area contributed by atoms with E-state index in [1.165, 1.54) is 6.92 Å². The highest BCUT2D eigenvalue weighted by molar-refractivity contribution is 5.77. The number of aliphatic hydroxyl groups excluding tert-OH is 1. The van der Waals surface area contributed by atoms with Crippen molar-refractivity contribution in [1.29, 1.82) is 0 Å². The van der Waals surface area contributed by atoms with E-state index in [-0.39, 0.29) is 47.3 Å². The zero-order valence-corrected chi connectivity index (χ0v) is 18.0. The summed E-state index contributed by atoms with van der Waals surface area (Å²) in [7, 11) is 0. The van der Waals surface area contributed by atoms with Crippen LogP contribution >= 0.6 is 0 Å². The molecule has 3 saturated heterocycles. The molecule has 7 fully saturated rings. The summed E-state index contributed by atoms with van der Waals surface area (Å²) < 4.78 is 11.8. The van der Waals surface area contributed by atoms with Gasteiger partial charge in [0.15, 0.2) is 0 Å². The summed E-state index contributed by atoms with van der Waals surface area (Å²) in [6.45, 7) is 7.51. The molecule has 166 valence electrons. The lowest BCUT2D eigenvalue weighted by Gasteiger charge is -2.68. The van der Waals surface area contributed by atoms with Gasteiger partial charge >= 0.3 is 11.9 Å². The summed E-state index contributed by atoms with van der Waals surface area (Å²) in [5.74, 6) is -1.89. The highest BCUT2D eigenvalue weighted by atomic mass is 16.6. The lowest BCUT2D eigenvalue weighted by atomic mass is 9.42. The molecule has 0 aromatic carbocycles. The molecule has 1 unspecified atom stereocenters. The van der Waals surface area contributed by atoms with E-state index in [0.717, 1.165) is 19.5 Å². The third kappa shape index (κ3) is 1.95. The van der Waals surface area contributed by atoms with Crippen molar-refractivity contribution in [3.63, 3.8) is 0 Å². The largest absolute Gasteiger partial charge is 0.462 e. The van der Waals surface area contributed by atoms with E-state index in [1.807, 2.05) is 0 Å². The maximum Gasteiger partial charge on any atom is 0.312 e. The average Bonchev–Trinajstić information content (AvgIpc) is 2.73. The Hall–Kier alpha value is -1.18. The van der Waals surface area contributed by atoms with Crippen molar-refractivity contribution in [3.8, 4) is 0 Å². The first kappa shape index (κ1) is 19.5. The van der Waals surface area contributed by atoms with E-state index >= 15 is 0 Å². The van der Waals surface area contributed by atoms with Crippen molar-refractivity contribution < 1.29 is 29.3 Å². The third-order valence-electron chi connectivity index (χ3n) is 10.1. The van der Waals surface area contributed by atoms with Gasteiger partial charge in [-0.15, -0.1) is 0 Å². The predicted molar refractivity (Wildman–Crippen MR) is 105 cm³/mol. The highest BCUT2D eigenvalue weighted by Crippen LogP contribution is 2.77. The number of hydrogen-bond acceptors (Lipinski definition) is 7. The Morgan fingerprint density at radius 1 is 1.33 bits per heavy atom. The number of carbonyl (C=O) groups is 2. The minimum Gasteiger partial charge on any atom is -0.462 e. The average molecular weight is 420 g/mol. The molecule has 0 amide bonds. The fourth-order valence-electron chi connectivity index (χ4n) is 9.64. The Labute approximate surface area is 177 Å². The normalized spacial score (nSPS) is 58.2. The molecule has 30 heavy (non-hydrogen) atoms. The van der Waals surface area contributed by atoms with Gasteiger partial charge in [0.2, 0.25) is 0 Å². The predicted octanol–water partition coefficient (Wildman–Crippen LogP) is 1.10. The van der Waals surface area contributed by atoms with Crippen LogP contribution in [-0.4, -0.2) is 70.1 Å². The molecule has 11 atom stereocenters. The number of fused-ring (bicyclic) bond motifs is 2. The van der Waals surface area contributed by atoms with Crippen LogP contribution in [0.4, 0.5) is 0 Å². The molecule has 9 bridgehead atoms.